The first-order valence-electron chi connectivity index (χ1n) is 7.85. The Kier molecular flexibility index (Phi) is 5.14. The molecule has 0 spiro atoms. The van der Waals surface area contributed by atoms with E-state index in [9.17, 15) is 0 Å². The van der Waals surface area contributed by atoms with Crippen LogP contribution in [0.1, 0.15) is 37.9 Å². The molecule has 6 nitrogen and oxygen atoms in total. The van der Waals surface area contributed by atoms with Crippen LogP contribution in [0.25, 0.3) is 11.5 Å². The van der Waals surface area contributed by atoms with Gasteiger partial charge in [-0.1, -0.05) is 20.4 Å². The third-order valence-electron chi connectivity index (χ3n) is 3.75. The fourth-order valence-corrected chi connectivity index (χ4v) is 2.54. The van der Waals surface area contributed by atoms with Gasteiger partial charge in [-0.05, 0) is 25.0 Å². The second-order valence-electron chi connectivity index (χ2n) is 5.14. The van der Waals surface area contributed by atoms with Crippen LogP contribution in [0, 0.1) is 0 Å². The standard InChI is InChI=1S/C14H20N6.C2H6/c1-10-11-9-20(18-12(11)8-17-10)14(16)5-4-13(15)19-6-2-3-7-19;1-2/h4-5,9,17H,1-3,6-8,15-16H2;1-2H3/b13-4+,14-5+;. The van der Waals surface area contributed by atoms with Crippen LogP contribution in [0.4, 0.5) is 0 Å². The number of hydrogen-bond acceptors (Lipinski definition) is 5. The van der Waals surface area contributed by atoms with Gasteiger partial charge in [-0.15, -0.1) is 0 Å². The summed E-state index contributed by atoms with van der Waals surface area (Å²) in [4.78, 5) is 2.17. The molecule has 6 heteroatoms. The van der Waals surface area contributed by atoms with Crippen molar-refractivity contribution in [1.29, 1.82) is 0 Å². The van der Waals surface area contributed by atoms with Crippen molar-refractivity contribution >= 4 is 11.5 Å². The number of likely N-dealkylation sites (tertiary alicyclic amines) is 1. The van der Waals surface area contributed by atoms with Gasteiger partial charge in [0.15, 0.2) is 0 Å². The first-order valence-corrected chi connectivity index (χ1v) is 7.85. The Bertz CT molecular complexity index is 590. The molecule has 2 aliphatic heterocycles. The number of rotatable bonds is 3. The summed E-state index contributed by atoms with van der Waals surface area (Å²) in [6.07, 6.45) is 7.94. The van der Waals surface area contributed by atoms with Crippen LogP contribution in [-0.2, 0) is 6.54 Å². The molecule has 0 unspecified atom stereocenters. The molecule has 0 atom stereocenters. The lowest BCUT2D eigenvalue weighted by Crippen LogP contribution is -2.24. The van der Waals surface area contributed by atoms with E-state index in [4.69, 9.17) is 11.5 Å². The van der Waals surface area contributed by atoms with Gasteiger partial charge in [-0.3, -0.25) is 0 Å². The van der Waals surface area contributed by atoms with Crippen LogP contribution in [-0.4, -0.2) is 27.8 Å². The molecule has 0 aromatic carbocycles. The number of nitrogens with two attached hydrogens (primary N) is 2. The minimum atomic E-state index is 0.550. The topological polar surface area (TPSA) is 85.1 Å². The molecule has 1 saturated heterocycles. The van der Waals surface area contributed by atoms with Gasteiger partial charge in [0.25, 0.3) is 0 Å². The number of allylic oxidation sites excluding steroid dienone is 2. The summed E-state index contributed by atoms with van der Waals surface area (Å²) in [5.41, 5.74) is 15.0. The molecule has 0 radical (unpaired) electrons. The predicted molar refractivity (Wildman–Crippen MR) is 91.0 cm³/mol. The third-order valence-corrected chi connectivity index (χ3v) is 3.75. The lowest BCUT2D eigenvalue weighted by molar-refractivity contribution is 0.421. The second-order valence-corrected chi connectivity index (χ2v) is 5.14. The zero-order valence-electron chi connectivity index (χ0n) is 13.5. The molecule has 0 bridgehead atoms. The Morgan fingerprint density at radius 1 is 1.23 bits per heavy atom. The highest BCUT2D eigenvalue weighted by molar-refractivity contribution is 5.67. The maximum absolute atomic E-state index is 6.04. The highest BCUT2D eigenvalue weighted by atomic mass is 15.3. The molecule has 0 amide bonds. The van der Waals surface area contributed by atoms with E-state index in [1.807, 2.05) is 26.1 Å². The van der Waals surface area contributed by atoms with E-state index in [0.29, 0.717) is 12.4 Å². The smallest absolute Gasteiger partial charge is 0.124 e. The molecule has 0 saturated carbocycles. The molecule has 120 valence electrons. The molecule has 1 fully saturated rings. The van der Waals surface area contributed by atoms with Crippen molar-refractivity contribution in [3.63, 3.8) is 0 Å². The lowest BCUT2D eigenvalue weighted by Gasteiger charge is -2.16. The SMILES string of the molecule is C=C1NCc2nn(/C(N)=C/C=C(\N)N3CCCC3)cc21.CC. The number of nitrogens with zero attached hydrogens (tertiary/aromatic N) is 3. The van der Waals surface area contributed by atoms with E-state index in [-0.39, 0.29) is 0 Å². The number of hydrogen-bond donors (Lipinski definition) is 3. The molecular weight excluding hydrogens is 276 g/mol. The highest BCUT2D eigenvalue weighted by Crippen LogP contribution is 2.22. The van der Waals surface area contributed by atoms with Crippen molar-refractivity contribution in [2.75, 3.05) is 13.1 Å². The Morgan fingerprint density at radius 3 is 2.50 bits per heavy atom. The predicted octanol–water partition coefficient (Wildman–Crippen LogP) is 1.64. The van der Waals surface area contributed by atoms with Gasteiger partial charge < -0.3 is 21.7 Å². The van der Waals surface area contributed by atoms with Crippen molar-refractivity contribution in [2.24, 2.45) is 11.5 Å². The maximum Gasteiger partial charge on any atom is 0.124 e. The molecule has 0 aliphatic carbocycles. The maximum atomic E-state index is 6.04. The fourth-order valence-electron chi connectivity index (χ4n) is 2.54. The summed E-state index contributed by atoms with van der Waals surface area (Å²) in [5.74, 6) is 1.31. The number of nitrogens with one attached hydrogen (secondary N) is 1. The Balaban J connectivity index is 0.000000847. The number of aromatic nitrogens is 2. The molecule has 5 N–H and O–H groups in total. The minimum absolute atomic E-state index is 0.550. The Labute approximate surface area is 132 Å². The summed E-state index contributed by atoms with van der Waals surface area (Å²) in [7, 11) is 0. The van der Waals surface area contributed by atoms with Crippen LogP contribution < -0.4 is 16.8 Å². The van der Waals surface area contributed by atoms with Crippen molar-refractivity contribution in [1.82, 2.24) is 20.0 Å². The van der Waals surface area contributed by atoms with E-state index in [1.165, 1.54) is 12.8 Å². The lowest BCUT2D eigenvalue weighted by atomic mass is 10.3. The van der Waals surface area contributed by atoms with Gasteiger partial charge in [0, 0.05) is 30.5 Å². The Morgan fingerprint density at radius 2 is 1.86 bits per heavy atom. The van der Waals surface area contributed by atoms with E-state index >= 15 is 0 Å². The van der Waals surface area contributed by atoms with Gasteiger partial charge in [-0.25, -0.2) is 4.68 Å². The summed E-state index contributed by atoms with van der Waals surface area (Å²) >= 11 is 0. The quantitative estimate of drug-likeness (QED) is 0.739. The van der Waals surface area contributed by atoms with Crippen LogP contribution in [0.5, 0.6) is 0 Å². The van der Waals surface area contributed by atoms with Crippen LogP contribution in [0.3, 0.4) is 0 Å². The van der Waals surface area contributed by atoms with Crippen molar-refractivity contribution < 1.29 is 0 Å². The monoisotopic (exact) mass is 302 g/mol. The van der Waals surface area contributed by atoms with E-state index in [0.717, 1.165) is 35.9 Å². The van der Waals surface area contributed by atoms with Crippen LogP contribution in [0.15, 0.2) is 30.7 Å². The molecule has 22 heavy (non-hydrogen) atoms. The van der Waals surface area contributed by atoms with Crippen molar-refractivity contribution in [3.05, 3.63) is 42.0 Å². The summed E-state index contributed by atoms with van der Waals surface area (Å²) in [6, 6.07) is 0. The van der Waals surface area contributed by atoms with E-state index < -0.39 is 0 Å². The van der Waals surface area contributed by atoms with E-state index in [1.54, 1.807) is 10.8 Å². The molecule has 1 aromatic rings. The number of fused-ring (bicyclic) bond motifs is 1. The molecular formula is C16H26N6. The highest BCUT2D eigenvalue weighted by Gasteiger charge is 2.18. The average Bonchev–Trinajstić information content (AvgIpc) is 3.25. The van der Waals surface area contributed by atoms with Gasteiger partial charge in [0.05, 0.1) is 18.1 Å². The summed E-state index contributed by atoms with van der Waals surface area (Å²) < 4.78 is 1.67. The zero-order chi connectivity index (χ0) is 16.1. The second kappa shape index (κ2) is 7.06. The van der Waals surface area contributed by atoms with Crippen LogP contribution >= 0.6 is 0 Å². The minimum Gasteiger partial charge on any atom is -0.385 e. The first kappa shape index (κ1) is 16.0. The first-order chi connectivity index (χ1) is 10.6. The fraction of sp³-hybridized carbons (Fsp3) is 0.438. The van der Waals surface area contributed by atoms with Gasteiger partial charge in [0.1, 0.15) is 5.82 Å². The molecule has 2 aliphatic rings. The largest absolute Gasteiger partial charge is 0.385 e. The molecule has 1 aromatic heterocycles. The molecule has 3 heterocycles. The van der Waals surface area contributed by atoms with Gasteiger partial charge in [0.2, 0.25) is 0 Å². The molecule has 3 rings (SSSR count). The third kappa shape index (κ3) is 3.27. The van der Waals surface area contributed by atoms with Crippen molar-refractivity contribution in [2.45, 2.75) is 33.2 Å². The van der Waals surface area contributed by atoms with Gasteiger partial charge >= 0.3 is 0 Å². The summed E-state index contributed by atoms with van der Waals surface area (Å²) in [6.45, 7) is 10.7. The zero-order valence-corrected chi connectivity index (χ0v) is 13.5. The average molecular weight is 302 g/mol. The summed E-state index contributed by atoms with van der Waals surface area (Å²) in [5, 5.41) is 7.58. The van der Waals surface area contributed by atoms with Gasteiger partial charge in [-0.2, -0.15) is 5.10 Å². The van der Waals surface area contributed by atoms with Crippen LogP contribution in [0.2, 0.25) is 0 Å². The van der Waals surface area contributed by atoms with Crippen molar-refractivity contribution in [3.8, 4) is 0 Å². The normalized spacial score (nSPS) is 17.9. The van der Waals surface area contributed by atoms with E-state index in [2.05, 4.69) is 21.9 Å². The Hall–Kier alpha value is -2.37.